The van der Waals surface area contributed by atoms with Crippen molar-refractivity contribution in [2.45, 2.75) is 34.1 Å². The summed E-state index contributed by atoms with van der Waals surface area (Å²) in [6.07, 6.45) is 2.73. The van der Waals surface area contributed by atoms with E-state index in [4.69, 9.17) is 0 Å². The zero-order chi connectivity index (χ0) is 13.4. The van der Waals surface area contributed by atoms with Crippen LogP contribution in [0.15, 0.2) is 29.4 Å². The SMILES string of the molecule is C=Cc1cc(C)n(C2=C(C#N)C(C)=C(C)C2)c1C. The van der Waals surface area contributed by atoms with Crippen LogP contribution in [0, 0.1) is 25.2 Å². The topological polar surface area (TPSA) is 28.7 Å². The molecule has 1 aromatic rings. The van der Waals surface area contributed by atoms with Crippen molar-refractivity contribution in [3.05, 3.63) is 46.3 Å². The van der Waals surface area contributed by atoms with E-state index in [2.05, 4.69) is 44.1 Å². The number of aryl methyl sites for hydroxylation is 1. The van der Waals surface area contributed by atoms with Gasteiger partial charge in [-0.15, -0.1) is 0 Å². The molecule has 1 aliphatic carbocycles. The second kappa shape index (κ2) is 4.34. The Balaban J connectivity index is 2.66. The molecule has 1 heterocycles. The number of hydrogen-bond acceptors (Lipinski definition) is 1. The lowest BCUT2D eigenvalue weighted by Crippen LogP contribution is -2.02. The number of allylic oxidation sites excluding steroid dienone is 4. The van der Waals surface area contributed by atoms with Gasteiger partial charge in [0.25, 0.3) is 0 Å². The van der Waals surface area contributed by atoms with Gasteiger partial charge in [0.1, 0.15) is 6.07 Å². The molecule has 0 saturated heterocycles. The minimum absolute atomic E-state index is 0.824. The van der Waals surface area contributed by atoms with E-state index in [1.807, 2.05) is 13.0 Å². The summed E-state index contributed by atoms with van der Waals surface area (Å²) in [6, 6.07) is 4.47. The molecular formula is C16H18N2. The normalized spacial score (nSPS) is 15.3. The Kier molecular flexibility index (Phi) is 3.00. The van der Waals surface area contributed by atoms with Crippen molar-refractivity contribution in [3.63, 3.8) is 0 Å². The third-order valence-electron chi connectivity index (χ3n) is 3.81. The van der Waals surface area contributed by atoms with E-state index in [0.717, 1.165) is 40.2 Å². The molecule has 0 radical (unpaired) electrons. The third-order valence-corrected chi connectivity index (χ3v) is 3.81. The summed E-state index contributed by atoms with van der Waals surface area (Å²) in [5, 5.41) is 9.36. The summed E-state index contributed by atoms with van der Waals surface area (Å²) >= 11 is 0. The molecule has 2 heteroatoms. The Morgan fingerprint density at radius 1 is 1.33 bits per heavy atom. The highest BCUT2D eigenvalue weighted by molar-refractivity contribution is 5.73. The van der Waals surface area contributed by atoms with Crippen LogP contribution in [-0.2, 0) is 0 Å². The van der Waals surface area contributed by atoms with Crippen LogP contribution in [0.5, 0.6) is 0 Å². The van der Waals surface area contributed by atoms with Crippen LogP contribution < -0.4 is 0 Å². The van der Waals surface area contributed by atoms with Gasteiger partial charge in [0.15, 0.2) is 0 Å². The number of aromatic nitrogens is 1. The quantitative estimate of drug-likeness (QED) is 0.758. The molecule has 0 amide bonds. The van der Waals surface area contributed by atoms with E-state index in [1.165, 1.54) is 5.57 Å². The highest BCUT2D eigenvalue weighted by atomic mass is 15.0. The fourth-order valence-electron chi connectivity index (χ4n) is 2.65. The van der Waals surface area contributed by atoms with Gasteiger partial charge in [-0.3, -0.25) is 0 Å². The van der Waals surface area contributed by atoms with Gasteiger partial charge in [0.05, 0.1) is 5.57 Å². The van der Waals surface area contributed by atoms with Gasteiger partial charge in [0, 0.05) is 23.5 Å². The first-order valence-corrected chi connectivity index (χ1v) is 6.13. The minimum Gasteiger partial charge on any atom is -0.320 e. The van der Waals surface area contributed by atoms with Crippen molar-refractivity contribution in [1.29, 1.82) is 5.26 Å². The summed E-state index contributed by atoms with van der Waals surface area (Å²) in [4.78, 5) is 0. The van der Waals surface area contributed by atoms with Crippen LogP contribution in [0.1, 0.15) is 37.2 Å². The number of nitrogens with zero attached hydrogens (tertiary/aromatic N) is 2. The van der Waals surface area contributed by atoms with Crippen LogP contribution in [0.3, 0.4) is 0 Å². The summed E-state index contributed by atoms with van der Waals surface area (Å²) < 4.78 is 2.19. The van der Waals surface area contributed by atoms with Crippen LogP contribution in [0.25, 0.3) is 11.8 Å². The largest absolute Gasteiger partial charge is 0.320 e. The standard InChI is InChI=1S/C16H18N2/c1-6-14-8-11(3)18(13(14)5)16-7-10(2)12(4)15(16)9-17/h6,8H,1,7H2,2-5H3. The van der Waals surface area contributed by atoms with Gasteiger partial charge in [-0.25, -0.2) is 0 Å². The maximum Gasteiger partial charge on any atom is 0.101 e. The minimum atomic E-state index is 0.824. The van der Waals surface area contributed by atoms with E-state index in [-0.39, 0.29) is 0 Å². The summed E-state index contributed by atoms with van der Waals surface area (Å²) in [5.74, 6) is 0. The first kappa shape index (κ1) is 12.4. The molecule has 0 unspecified atom stereocenters. The molecule has 92 valence electrons. The summed E-state index contributed by atoms with van der Waals surface area (Å²) in [5.41, 5.74) is 7.80. The first-order valence-electron chi connectivity index (χ1n) is 6.13. The lowest BCUT2D eigenvalue weighted by molar-refractivity contribution is 0.950. The average molecular weight is 238 g/mol. The summed E-state index contributed by atoms with van der Waals surface area (Å²) in [6.45, 7) is 12.1. The molecule has 18 heavy (non-hydrogen) atoms. The predicted octanol–water partition coefficient (Wildman–Crippen LogP) is 4.22. The van der Waals surface area contributed by atoms with Crippen LogP contribution in [-0.4, -0.2) is 4.57 Å². The predicted molar refractivity (Wildman–Crippen MR) is 75.8 cm³/mol. The monoisotopic (exact) mass is 238 g/mol. The second-order valence-corrected chi connectivity index (χ2v) is 4.88. The molecule has 0 spiro atoms. The highest BCUT2D eigenvalue weighted by Crippen LogP contribution is 2.36. The zero-order valence-corrected chi connectivity index (χ0v) is 11.5. The van der Waals surface area contributed by atoms with Gasteiger partial charge >= 0.3 is 0 Å². The molecule has 0 aliphatic heterocycles. The number of hydrogen-bond donors (Lipinski definition) is 0. The molecular weight excluding hydrogens is 220 g/mol. The average Bonchev–Trinajstić information content (AvgIpc) is 2.77. The Labute approximate surface area is 109 Å². The van der Waals surface area contributed by atoms with E-state index >= 15 is 0 Å². The third kappa shape index (κ3) is 1.64. The Hall–Kier alpha value is -2.01. The fourth-order valence-corrected chi connectivity index (χ4v) is 2.65. The van der Waals surface area contributed by atoms with Gasteiger partial charge in [-0.1, -0.05) is 18.2 Å². The molecule has 1 aromatic heterocycles. The van der Waals surface area contributed by atoms with Crippen LogP contribution in [0.4, 0.5) is 0 Å². The van der Waals surface area contributed by atoms with Gasteiger partial charge < -0.3 is 4.57 Å². The van der Waals surface area contributed by atoms with E-state index in [0.29, 0.717) is 0 Å². The Morgan fingerprint density at radius 2 is 2.00 bits per heavy atom. The highest BCUT2D eigenvalue weighted by Gasteiger charge is 2.22. The Bertz CT molecular complexity index is 631. The zero-order valence-electron chi connectivity index (χ0n) is 11.5. The van der Waals surface area contributed by atoms with Crippen LogP contribution >= 0.6 is 0 Å². The fraction of sp³-hybridized carbons (Fsp3) is 0.312. The van der Waals surface area contributed by atoms with Gasteiger partial charge in [-0.05, 0) is 44.9 Å². The van der Waals surface area contributed by atoms with Gasteiger partial charge in [0.2, 0.25) is 0 Å². The lowest BCUT2D eigenvalue weighted by atomic mass is 10.1. The lowest BCUT2D eigenvalue weighted by Gasteiger charge is -2.12. The Morgan fingerprint density at radius 3 is 2.50 bits per heavy atom. The molecule has 0 N–H and O–H groups in total. The number of rotatable bonds is 2. The van der Waals surface area contributed by atoms with Crippen LogP contribution in [0.2, 0.25) is 0 Å². The van der Waals surface area contributed by atoms with Crippen molar-refractivity contribution in [2.75, 3.05) is 0 Å². The molecule has 0 fully saturated rings. The molecule has 0 aromatic carbocycles. The molecule has 0 atom stereocenters. The maximum atomic E-state index is 9.36. The van der Waals surface area contributed by atoms with Gasteiger partial charge in [-0.2, -0.15) is 5.26 Å². The van der Waals surface area contributed by atoms with Crippen molar-refractivity contribution < 1.29 is 0 Å². The molecule has 2 nitrogen and oxygen atoms in total. The summed E-state index contributed by atoms with van der Waals surface area (Å²) in [7, 11) is 0. The van der Waals surface area contributed by atoms with Crippen molar-refractivity contribution >= 4 is 11.8 Å². The van der Waals surface area contributed by atoms with E-state index in [1.54, 1.807) is 0 Å². The smallest absolute Gasteiger partial charge is 0.101 e. The molecule has 0 saturated carbocycles. The molecule has 1 aliphatic rings. The maximum absolute atomic E-state index is 9.36. The van der Waals surface area contributed by atoms with E-state index in [9.17, 15) is 5.26 Å². The van der Waals surface area contributed by atoms with Crippen molar-refractivity contribution in [3.8, 4) is 6.07 Å². The van der Waals surface area contributed by atoms with Crippen molar-refractivity contribution in [2.24, 2.45) is 0 Å². The molecule has 0 bridgehead atoms. The molecule has 2 rings (SSSR count). The first-order chi connectivity index (χ1) is 8.51. The van der Waals surface area contributed by atoms with E-state index < -0.39 is 0 Å². The second-order valence-electron chi connectivity index (χ2n) is 4.88. The van der Waals surface area contributed by atoms with Crippen molar-refractivity contribution in [1.82, 2.24) is 4.57 Å². The number of nitriles is 1.